The van der Waals surface area contributed by atoms with Crippen LogP contribution < -0.4 is 15.2 Å². The number of pyridine rings is 1. The van der Waals surface area contributed by atoms with E-state index in [-0.39, 0.29) is 17.5 Å². The molecule has 0 aliphatic rings. The summed E-state index contributed by atoms with van der Waals surface area (Å²) in [6, 6.07) is 12.2. The van der Waals surface area contributed by atoms with Gasteiger partial charge in [-0.1, -0.05) is 17.7 Å². The van der Waals surface area contributed by atoms with Crippen LogP contribution >= 0.6 is 0 Å². The number of aromatic nitrogens is 3. The molecule has 0 unspecified atom stereocenters. The fourth-order valence-corrected chi connectivity index (χ4v) is 4.96. The molecular weight excluding hydrogens is 473 g/mol. The van der Waals surface area contributed by atoms with E-state index >= 15 is 0 Å². The minimum Gasteiger partial charge on any atom is -0.491 e. The molecule has 0 amide bonds. The Morgan fingerprint density at radius 2 is 1.91 bits per heavy atom. The Kier molecular flexibility index (Phi) is 6.66. The molecule has 0 bridgehead atoms. The Labute approximate surface area is 202 Å². The Balaban J connectivity index is 1.89. The topological polar surface area (TPSA) is 103 Å². The summed E-state index contributed by atoms with van der Waals surface area (Å²) in [5, 5.41) is 0. The monoisotopic (exact) mass is 499 g/mol. The largest absolute Gasteiger partial charge is 0.491 e. The van der Waals surface area contributed by atoms with E-state index in [1.807, 2.05) is 6.92 Å². The number of imidazole rings is 1. The number of ether oxygens (including phenoxy) is 2. The summed E-state index contributed by atoms with van der Waals surface area (Å²) in [4.78, 5) is 20.3. The quantitative estimate of drug-likeness (QED) is 0.395. The second kappa shape index (κ2) is 9.53. The lowest BCUT2D eigenvalue weighted by Gasteiger charge is -2.19. The van der Waals surface area contributed by atoms with Crippen LogP contribution in [-0.2, 0) is 9.84 Å². The first-order valence-corrected chi connectivity index (χ1v) is 13.0. The third-order valence-corrected chi connectivity index (χ3v) is 6.53. The van der Waals surface area contributed by atoms with Gasteiger partial charge >= 0.3 is 5.69 Å². The van der Waals surface area contributed by atoms with Crippen molar-refractivity contribution in [3.05, 3.63) is 76.1 Å². The number of aryl methyl sites for hydroxylation is 1. The van der Waals surface area contributed by atoms with Crippen LogP contribution in [0.5, 0.6) is 11.6 Å². The van der Waals surface area contributed by atoms with Crippen LogP contribution in [0.1, 0.15) is 24.2 Å². The van der Waals surface area contributed by atoms with Gasteiger partial charge in [0.05, 0.1) is 42.2 Å². The van der Waals surface area contributed by atoms with Crippen molar-refractivity contribution < 1.29 is 22.3 Å². The first-order chi connectivity index (χ1) is 16.6. The molecule has 0 fully saturated rings. The highest BCUT2D eigenvalue weighted by Gasteiger charge is 2.26. The second-order valence-electron chi connectivity index (χ2n) is 8.30. The normalized spacial score (nSPS) is 12.6. The van der Waals surface area contributed by atoms with Crippen LogP contribution in [0.25, 0.3) is 22.2 Å². The summed E-state index contributed by atoms with van der Waals surface area (Å²) in [6.07, 6.45) is 1.10. The molecule has 1 N–H and O–H groups in total. The number of halogens is 1. The van der Waals surface area contributed by atoms with Gasteiger partial charge in [0, 0.05) is 11.8 Å². The summed E-state index contributed by atoms with van der Waals surface area (Å²) in [6.45, 7) is 3.99. The molecule has 0 saturated carbocycles. The van der Waals surface area contributed by atoms with Crippen LogP contribution in [0.4, 0.5) is 4.39 Å². The number of fused-ring (bicyclic) bond motifs is 1. The van der Waals surface area contributed by atoms with Crippen molar-refractivity contribution in [2.75, 3.05) is 25.7 Å². The number of H-pyrrole nitrogens is 1. The fourth-order valence-electron chi connectivity index (χ4n) is 4.07. The zero-order chi connectivity index (χ0) is 25.3. The zero-order valence-electron chi connectivity index (χ0n) is 19.8. The lowest BCUT2D eigenvalue weighted by Crippen LogP contribution is -2.29. The van der Waals surface area contributed by atoms with E-state index in [2.05, 4.69) is 9.97 Å². The molecule has 35 heavy (non-hydrogen) atoms. The minimum atomic E-state index is -3.52. The number of benzene rings is 2. The Bertz CT molecular complexity index is 1560. The van der Waals surface area contributed by atoms with E-state index in [4.69, 9.17) is 9.47 Å². The smallest absolute Gasteiger partial charge is 0.327 e. The lowest BCUT2D eigenvalue weighted by molar-refractivity contribution is 0.296. The van der Waals surface area contributed by atoms with Gasteiger partial charge in [0.2, 0.25) is 0 Å². The van der Waals surface area contributed by atoms with Gasteiger partial charge in [0.1, 0.15) is 15.7 Å². The average molecular weight is 500 g/mol. The van der Waals surface area contributed by atoms with Gasteiger partial charge in [-0.3, -0.25) is 4.57 Å². The van der Waals surface area contributed by atoms with E-state index in [0.29, 0.717) is 40.2 Å². The molecule has 2 aromatic carbocycles. The first-order valence-electron chi connectivity index (χ1n) is 11.0. The van der Waals surface area contributed by atoms with Crippen LogP contribution in [0.15, 0.2) is 53.3 Å². The molecule has 0 radical (unpaired) electrons. The highest BCUT2D eigenvalue weighted by molar-refractivity contribution is 7.90. The number of hydrogen-bond acceptors (Lipinski definition) is 6. The second-order valence-corrected chi connectivity index (χ2v) is 10.5. The van der Waals surface area contributed by atoms with E-state index in [0.717, 1.165) is 11.8 Å². The number of nitrogens with zero attached hydrogens (tertiary/aromatic N) is 2. The van der Waals surface area contributed by atoms with Gasteiger partial charge in [-0.25, -0.2) is 22.6 Å². The molecule has 184 valence electrons. The Hall–Kier alpha value is -3.66. The first kappa shape index (κ1) is 24.5. The molecule has 2 heterocycles. The van der Waals surface area contributed by atoms with Gasteiger partial charge in [-0.2, -0.15) is 0 Å². The molecule has 2 aromatic heterocycles. The van der Waals surface area contributed by atoms with Crippen LogP contribution in [-0.4, -0.2) is 48.7 Å². The maximum Gasteiger partial charge on any atom is 0.327 e. The standard InChI is InChI=1S/C25H26FN3O5S/c1-5-34-24-23(33-3)11-9-19(27-24)22(14-35(4,31)32)29-21-10-7-16(13-20(21)28-25(29)30)17-12-15(2)6-8-18(17)26/h6-13,22H,5,14H2,1-4H3,(H,28,30)/t22-/m1/s1. The molecule has 4 rings (SSSR count). The number of rotatable bonds is 8. The van der Waals surface area contributed by atoms with Gasteiger partial charge < -0.3 is 14.5 Å². The van der Waals surface area contributed by atoms with E-state index < -0.39 is 21.6 Å². The van der Waals surface area contributed by atoms with Crippen molar-refractivity contribution in [3.8, 4) is 22.8 Å². The summed E-state index contributed by atoms with van der Waals surface area (Å²) >= 11 is 0. The highest BCUT2D eigenvalue weighted by atomic mass is 32.2. The third kappa shape index (κ3) is 5.07. The number of nitrogens with one attached hydrogen (secondary N) is 1. The average Bonchev–Trinajstić information content (AvgIpc) is 3.13. The predicted octanol–water partition coefficient (Wildman–Crippen LogP) is 3.88. The Morgan fingerprint density at radius 3 is 2.60 bits per heavy atom. The molecule has 1 atom stereocenters. The number of methoxy groups -OCH3 is 1. The van der Waals surface area contributed by atoms with Crippen molar-refractivity contribution in [2.24, 2.45) is 0 Å². The summed E-state index contributed by atoms with van der Waals surface area (Å²) in [5.41, 5.74) is 2.64. The summed E-state index contributed by atoms with van der Waals surface area (Å²) in [5.74, 6) is -0.141. The van der Waals surface area contributed by atoms with Gasteiger partial charge in [0.25, 0.3) is 5.88 Å². The van der Waals surface area contributed by atoms with E-state index in [9.17, 15) is 17.6 Å². The SMILES string of the molecule is CCOc1nc([C@@H](CS(C)(=O)=O)n2c(=O)[nH]c3cc(-c4cc(C)ccc4F)ccc32)ccc1OC. The molecule has 0 aliphatic heterocycles. The van der Waals surface area contributed by atoms with E-state index in [1.54, 1.807) is 49.4 Å². The van der Waals surface area contributed by atoms with Crippen LogP contribution in [0.2, 0.25) is 0 Å². The molecule has 10 heteroatoms. The Morgan fingerprint density at radius 1 is 1.14 bits per heavy atom. The number of hydrogen-bond donors (Lipinski definition) is 1. The highest BCUT2D eigenvalue weighted by Crippen LogP contribution is 2.31. The molecular formula is C25H26FN3O5S. The molecule has 4 aromatic rings. The molecule has 0 spiro atoms. The van der Waals surface area contributed by atoms with Crippen molar-refractivity contribution in [2.45, 2.75) is 19.9 Å². The van der Waals surface area contributed by atoms with Crippen molar-refractivity contribution in [3.63, 3.8) is 0 Å². The summed E-state index contributed by atoms with van der Waals surface area (Å²) < 4.78 is 51.4. The maximum atomic E-state index is 14.5. The zero-order valence-corrected chi connectivity index (χ0v) is 20.6. The van der Waals surface area contributed by atoms with Crippen LogP contribution in [0.3, 0.4) is 0 Å². The summed E-state index contributed by atoms with van der Waals surface area (Å²) in [7, 11) is -2.04. The van der Waals surface area contributed by atoms with Gasteiger partial charge in [-0.15, -0.1) is 0 Å². The number of aromatic amines is 1. The van der Waals surface area contributed by atoms with Gasteiger partial charge in [0.15, 0.2) is 5.75 Å². The fraction of sp³-hybridized carbons (Fsp3) is 0.280. The van der Waals surface area contributed by atoms with Crippen molar-refractivity contribution in [1.82, 2.24) is 14.5 Å². The minimum absolute atomic E-state index is 0.205. The van der Waals surface area contributed by atoms with E-state index in [1.165, 1.54) is 17.7 Å². The maximum absolute atomic E-state index is 14.5. The third-order valence-electron chi connectivity index (χ3n) is 5.61. The molecule has 0 aliphatic carbocycles. The van der Waals surface area contributed by atoms with Crippen molar-refractivity contribution in [1.29, 1.82) is 0 Å². The number of sulfone groups is 1. The molecule has 0 saturated heterocycles. The van der Waals surface area contributed by atoms with Crippen LogP contribution in [0, 0.1) is 12.7 Å². The predicted molar refractivity (Wildman–Crippen MR) is 132 cm³/mol. The lowest BCUT2D eigenvalue weighted by atomic mass is 10.0. The molecule has 8 nitrogen and oxygen atoms in total. The van der Waals surface area contributed by atoms with Gasteiger partial charge in [-0.05, 0) is 55.8 Å². The van der Waals surface area contributed by atoms with Crippen molar-refractivity contribution >= 4 is 20.9 Å².